The minimum Gasteiger partial charge on any atom is -0.396 e. The molecular weight excluding hydrogens is 191 g/mol. The van der Waals surface area contributed by atoms with Crippen LogP contribution in [0.3, 0.4) is 0 Å². The summed E-state index contributed by atoms with van der Waals surface area (Å²) in [7, 11) is 0. The van der Waals surface area contributed by atoms with Gasteiger partial charge in [-0.15, -0.1) is 0 Å². The highest BCUT2D eigenvalue weighted by Gasteiger charge is 2.02. The molecule has 2 N–H and O–H groups in total. The third-order valence-electron chi connectivity index (χ3n) is 1.77. The molecule has 0 saturated carbocycles. The highest BCUT2D eigenvalue weighted by Crippen LogP contribution is 2.20. The molecule has 1 aromatic carbocycles. The fourth-order valence-electron chi connectivity index (χ4n) is 1.14. The third kappa shape index (κ3) is 2.65. The van der Waals surface area contributed by atoms with Gasteiger partial charge in [0.1, 0.15) is 0 Å². The predicted molar refractivity (Wildman–Crippen MR) is 62.1 cm³/mol. The lowest BCUT2D eigenvalue weighted by atomic mass is 10.2. The summed E-state index contributed by atoms with van der Waals surface area (Å²) in [5.41, 5.74) is 6.39. The predicted octanol–water partition coefficient (Wildman–Crippen LogP) is 3.37. The number of hydrogen-bond acceptors (Lipinski definition) is 2. The van der Waals surface area contributed by atoms with Crippen molar-refractivity contribution < 1.29 is 4.39 Å². The standard InChI is InChI=1S/C9H7FN2.C3H8/c10-7-5-12-8-4-2-1-3-6(8)9(7)11;1-3-2/h1-5H,(H2,11,12);3H2,1-2H3. The molecule has 2 rings (SSSR count). The summed E-state index contributed by atoms with van der Waals surface area (Å²) in [6.07, 6.45) is 2.39. The zero-order valence-corrected chi connectivity index (χ0v) is 9.00. The van der Waals surface area contributed by atoms with Gasteiger partial charge in [-0.2, -0.15) is 0 Å². The van der Waals surface area contributed by atoms with Crippen LogP contribution >= 0.6 is 0 Å². The number of rotatable bonds is 0. The number of nitrogens with zero attached hydrogens (tertiary/aromatic N) is 1. The minimum absolute atomic E-state index is 0.167. The molecule has 0 aliphatic rings. The number of fused-ring (bicyclic) bond motifs is 1. The maximum absolute atomic E-state index is 12.9. The van der Waals surface area contributed by atoms with Crippen LogP contribution in [0.15, 0.2) is 30.5 Å². The van der Waals surface area contributed by atoms with Crippen molar-refractivity contribution in [1.82, 2.24) is 4.98 Å². The first kappa shape index (κ1) is 11.4. The molecule has 0 aliphatic heterocycles. The average molecular weight is 206 g/mol. The number of benzene rings is 1. The second-order valence-corrected chi connectivity index (χ2v) is 3.24. The van der Waals surface area contributed by atoms with E-state index in [0.717, 1.165) is 11.7 Å². The van der Waals surface area contributed by atoms with E-state index in [0.29, 0.717) is 5.39 Å². The monoisotopic (exact) mass is 206 g/mol. The highest BCUT2D eigenvalue weighted by molar-refractivity contribution is 5.89. The molecule has 0 radical (unpaired) electrons. The number of nitrogens with two attached hydrogens (primary N) is 1. The Morgan fingerprint density at radius 2 is 1.87 bits per heavy atom. The average Bonchev–Trinajstić information content (AvgIpc) is 2.25. The number of anilines is 1. The molecule has 2 aromatic rings. The summed E-state index contributed by atoms with van der Waals surface area (Å²) < 4.78 is 12.9. The van der Waals surface area contributed by atoms with E-state index in [4.69, 9.17) is 5.73 Å². The van der Waals surface area contributed by atoms with E-state index in [9.17, 15) is 4.39 Å². The highest BCUT2D eigenvalue weighted by atomic mass is 19.1. The Bertz CT molecular complexity index is 441. The summed E-state index contributed by atoms with van der Waals surface area (Å²) in [6.45, 7) is 4.25. The van der Waals surface area contributed by atoms with Crippen molar-refractivity contribution in [3.8, 4) is 0 Å². The van der Waals surface area contributed by atoms with E-state index < -0.39 is 5.82 Å². The summed E-state index contributed by atoms with van der Waals surface area (Å²) in [6, 6.07) is 7.19. The van der Waals surface area contributed by atoms with Crippen LogP contribution in [0.5, 0.6) is 0 Å². The minimum atomic E-state index is -0.464. The summed E-state index contributed by atoms with van der Waals surface area (Å²) >= 11 is 0. The van der Waals surface area contributed by atoms with Crippen LogP contribution in [0.25, 0.3) is 10.9 Å². The number of nitrogen functional groups attached to an aromatic ring is 1. The van der Waals surface area contributed by atoms with Gasteiger partial charge in [0.15, 0.2) is 5.82 Å². The zero-order chi connectivity index (χ0) is 11.3. The van der Waals surface area contributed by atoms with E-state index >= 15 is 0 Å². The fourth-order valence-corrected chi connectivity index (χ4v) is 1.14. The molecule has 0 spiro atoms. The van der Waals surface area contributed by atoms with Gasteiger partial charge in [0.2, 0.25) is 0 Å². The SMILES string of the molecule is CCC.Nc1c(F)cnc2ccccc12. The van der Waals surface area contributed by atoms with Gasteiger partial charge in [0, 0.05) is 5.39 Å². The van der Waals surface area contributed by atoms with Gasteiger partial charge in [-0.05, 0) is 6.07 Å². The third-order valence-corrected chi connectivity index (χ3v) is 1.77. The van der Waals surface area contributed by atoms with Crippen molar-refractivity contribution in [2.24, 2.45) is 0 Å². The normalized spacial score (nSPS) is 9.53. The molecule has 0 amide bonds. The first-order valence-corrected chi connectivity index (χ1v) is 4.99. The van der Waals surface area contributed by atoms with Crippen molar-refractivity contribution in [3.63, 3.8) is 0 Å². The number of aromatic nitrogens is 1. The van der Waals surface area contributed by atoms with Gasteiger partial charge in [-0.1, -0.05) is 38.5 Å². The van der Waals surface area contributed by atoms with Crippen molar-refractivity contribution in [2.75, 3.05) is 5.73 Å². The quantitative estimate of drug-likeness (QED) is 0.717. The van der Waals surface area contributed by atoms with E-state index in [1.807, 2.05) is 6.07 Å². The largest absolute Gasteiger partial charge is 0.396 e. The van der Waals surface area contributed by atoms with E-state index in [1.54, 1.807) is 18.2 Å². The lowest BCUT2D eigenvalue weighted by Crippen LogP contribution is -1.93. The summed E-state index contributed by atoms with van der Waals surface area (Å²) in [4.78, 5) is 3.89. The van der Waals surface area contributed by atoms with E-state index in [1.165, 1.54) is 6.42 Å². The van der Waals surface area contributed by atoms with Crippen LogP contribution < -0.4 is 5.73 Å². The Labute approximate surface area is 88.9 Å². The first-order chi connectivity index (χ1) is 7.20. The van der Waals surface area contributed by atoms with Crippen molar-refractivity contribution in [2.45, 2.75) is 20.3 Å². The Morgan fingerprint density at radius 1 is 1.27 bits per heavy atom. The van der Waals surface area contributed by atoms with Gasteiger partial charge in [0.05, 0.1) is 17.4 Å². The van der Waals surface area contributed by atoms with Crippen LogP contribution in [0.2, 0.25) is 0 Å². The maximum atomic E-state index is 12.9. The summed E-state index contributed by atoms with van der Waals surface area (Å²) in [5.74, 6) is -0.464. The van der Waals surface area contributed by atoms with Crippen molar-refractivity contribution in [1.29, 1.82) is 0 Å². The van der Waals surface area contributed by atoms with Crippen LogP contribution in [-0.2, 0) is 0 Å². The Morgan fingerprint density at radius 3 is 2.53 bits per heavy atom. The molecule has 0 atom stereocenters. The van der Waals surface area contributed by atoms with Gasteiger partial charge in [-0.3, -0.25) is 4.98 Å². The lowest BCUT2D eigenvalue weighted by Gasteiger charge is -2.00. The Hall–Kier alpha value is -1.64. The molecule has 80 valence electrons. The lowest BCUT2D eigenvalue weighted by molar-refractivity contribution is 0.629. The van der Waals surface area contributed by atoms with Gasteiger partial charge in [0.25, 0.3) is 0 Å². The molecule has 0 fully saturated rings. The van der Waals surface area contributed by atoms with Gasteiger partial charge in [-0.25, -0.2) is 4.39 Å². The first-order valence-electron chi connectivity index (χ1n) is 4.99. The molecule has 0 saturated heterocycles. The number of pyridine rings is 1. The molecule has 0 bridgehead atoms. The van der Waals surface area contributed by atoms with Gasteiger partial charge >= 0.3 is 0 Å². The summed E-state index contributed by atoms with van der Waals surface area (Å²) in [5, 5.41) is 0.664. The van der Waals surface area contributed by atoms with Crippen LogP contribution in [0.4, 0.5) is 10.1 Å². The smallest absolute Gasteiger partial charge is 0.164 e. The van der Waals surface area contributed by atoms with Crippen molar-refractivity contribution in [3.05, 3.63) is 36.3 Å². The number of halogens is 1. The van der Waals surface area contributed by atoms with Crippen LogP contribution in [0.1, 0.15) is 20.3 Å². The molecule has 0 aliphatic carbocycles. The molecular formula is C12H15FN2. The number of para-hydroxylation sites is 1. The zero-order valence-electron chi connectivity index (χ0n) is 9.00. The van der Waals surface area contributed by atoms with E-state index in [-0.39, 0.29) is 5.69 Å². The molecule has 15 heavy (non-hydrogen) atoms. The second kappa shape index (κ2) is 5.29. The Balaban J connectivity index is 0.000000337. The van der Waals surface area contributed by atoms with Crippen LogP contribution in [0, 0.1) is 5.82 Å². The fraction of sp³-hybridized carbons (Fsp3) is 0.250. The maximum Gasteiger partial charge on any atom is 0.164 e. The molecule has 1 heterocycles. The van der Waals surface area contributed by atoms with Crippen LogP contribution in [-0.4, -0.2) is 4.98 Å². The molecule has 0 unspecified atom stereocenters. The topological polar surface area (TPSA) is 38.9 Å². The van der Waals surface area contributed by atoms with E-state index in [2.05, 4.69) is 18.8 Å². The van der Waals surface area contributed by atoms with Crippen molar-refractivity contribution >= 4 is 16.6 Å². The molecule has 1 aromatic heterocycles. The second-order valence-electron chi connectivity index (χ2n) is 3.24. The Kier molecular flexibility index (Phi) is 4.03. The van der Waals surface area contributed by atoms with Gasteiger partial charge < -0.3 is 5.73 Å². The molecule has 3 heteroatoms. The molecule has 2 nitrogen and oxygen atoms in total. The number of hydrogen-bond donors (Lipinski definition) is 1.